The minimum atomic E-state index is 0.118. The van der Waals surface area contributed by atoms with Gasteiger partial charge in [-0.15, -0.1) is 0 Å². The van der Waals surface area contributed by atoms with E-state index in [4.69, 9.17) is 0 Å². The molecule has 0 aliphatic carbocycles. The van der Waals surface area contributed by atoms with E-state index < -0.39 is 0 Å². The van der Waals surface area contributed by atoms with Gasteiger partial charge in [0, 0.05) is 25.6 Å². The van der Waals surface area contributed by atoms with Crippen molar-refractivity contribution in [1.82, 2.24) is 9.80 Å². The van der Waals surface area contributed by atoms with Crippen molar-refractivity contribution in [2.45, 2.75) is 32.7 Å². The molecule has 0 saturated carbocycles. The van der Waals surface area contributed by atoms with Gasteiger partial charge < -0.3 is 9.80 Å². The summed E-state index contributed by atoms with van der Waals surface area (Å²) in [5, 5.41) is 0. The standard InChI is InChI=1S/C11H22N2O/c1-9(2)11(14)13(4)10-6-5-7-12(3)8-10/h9-10H,5-8H2,1-4H3. The van der Waals surface area contributed by atoms with Gasteiger partial charge in [0.15, 0.2) is 0 Å². The third kappa shape index (κ3) is 2.71. The lowest BCUT2D eigenvalue weighted by Gasteiger charge is -2.36. The molecule has 0 aromatic carbocycles. The van der Waals surface area contributed by atoms with Crippen LogP contribution >= 0.6 is 0 Å². The van der Waals surface area contributed by atoms with Gasteiger partial charge in [0.1, 0.15) is 0 Å². The number of likely N-dealkylation sites (tertiary alicyclic amines) is 1. The van der Waals surface area contributed by atoms with E-state index in [9.17, 15) is 4.79 Å². The monoisotopic (exact) mass is 198 g/mol. The number of carbonyl (C=O) groups is 1. The van der Waals surface area contributed by atoms with E-state index >= 15 is 0 Å². The van der Waals surface area contributed by atoms with Crippen LogP contribution in [0.3, 0.4) is 0 Å². The smallest absolute Gasteiger partial charge is 0.225 e. The van der Waals surface area contributed by atoms with Gasteiger partial charge >= 0.3 is 0 Å². The molecule has 1 amide bonds. The molecule has 0 radical (unpaired) electrons. The van der Waals surface area contributed by atoms with Gasteiger partial charge in [0.05, 0.1) is 0 Å². The Morgan fingerprint density at radius 1 is 1.50 bits per heavy atom. The Hall–Kier alpha value is -0.570. The van der Waals surface area contributed by atoms with Gasteiger partial charge in [-0.1, -0.05) is 13.8 Å². The molecule has 1 rings (SSSR count). The molecule has 1 aliphatic heterocycles. The number of likely N-dealkylation sites (N-methyl/N-ethyl adjacent to an activating group) is 2. The average Bonchev–Trinajstić information content (AvgIpc) is 2.15. The van der Waals surface area contributed by atoms with Crippen LogP contribution in [0.5, 0.6) is 0 Å². The zero-order valence-electron chi connectivity index (χ0n) is 9.79. The van der Waals surface area contributed by atoms with Crippen LogP contribution in [-0.4, -0.2) is 48.9 Å². The summed E-state index contributed by atoms with van der Waals surface area (Å²) >= 11 is 0. The van der Waals surface area contributed by atoms with Gasteiger partial charge in [0.2, 0.25) is 5.91 Å². The highest BCUT2D eigenvalue weighted by atomic mass is 16.2. The quantitative estimate of drug-likeness (QED) is 0.665. The first-order chi connectivity index (χ1) is 6.52. The van der Waals surface area contributed by atoms with E-state index in [0.29, 0.717) is 6.04 Å². The van der Waals surface area contributed by atoms with Gasteiger partial charge in [-0.25, -0.2) is 0 Å². The molecule has 3 heteroatoms. The normalized spacial score (nSPS) is 23.9. The minimum Gasteiger partial charge on any atom is -0.341 e. The van der Waals surface area contributed by atoms with Crippen LogP contribution in [0.1, 0.15) is 26.7 Å². The van der Waals surface area contributed by atoms with Gasteiger partial charge in [-0.3, -0.25) is 4.79 Å². The second kappa shape index (κ2) is 4.78. The van der Waals surface area contributed by atoms with Crippen molar-refractivity contribution in [2.24, 2.45) is 5.92 Å². The lowest BCUT2D eigenvalue weighted by Crippen LogP contribution is -2.48. The number of amides is 1. The fourth-order valence-corrected chi connectivity index (χ4v) is 2.04. The van der Waals surface area contributed by atoms with E-state index in [0.717, 1.165) is 13.0 Å². The van der Waals surface area contributed by atoms with Crippen LogP contribution in [0.25, 0.3) is 0 Å². The highest BCUT2D eigenvalue weighted by molar-refractivity contribution is 5.78. The SMILES string of the molecule is CC(C)C(=O)N(C)C1CCCN(C)C1. The first-order valence-corrected chi connectivity index (χ1v) is 5.47. The van der Waals surface area contributed by atoms with Crippen molar-refractivity contribution in [3.8, 4) is 0 Å². The molecule has 14 heavy (non-hydrogen) atoms. The highest BCUT2D eigenvalue weighted by Gasteiger charge is 2.25. The third-order valence-electron chi connectivity index (χ3n) is 2.99. The minimum absolute atomic E-state index is 0.118. The fraction of sp³-hybridized carbons (Fsp3) is 0.909. The van der Waals surface area contributed by atoms with E-state index in [2.05, 4.69) is 11.9 Å². The van der Waals surface area contributed by atoms with E-state index in [1.807, 2.05) is 25.8 Å². The molecule has 0 aromatic rings. The molecule has 1 aliphatic rings. The Balaban J connectivity index is 2.51. The van der Waals surface area contributed by atoms with Crippen molar-refractivity contribution >= 4 is 5.91 Å². The summed E-state index contributed by atoms with van der Waals surface area (Å²) in [6.07, 6.45) is 2.36. The van der Waals surface area contributed by atoms with Crippen molar-refractivity contribution in [2.75, 3.05) is 27.2 Å². The Morgan fingerprint density at radius 2 is 2.14 bits per heavy atom. The summed E-state index contributed by atoms with van der Waals surface area (Å²) in [4.78, 5) is 16.0. The molecule has 1 unspecified atom stereocenters. The molecule has 0 bridgehead atoms. The Morgan fingerprint density at radius 3 is 2.64 bits per heavy atom. The van der Waals surface area contributed by atoms with Crippen LogP contribution in [-0.2, 0) is 4.79 Å². The molecular weight excluding hydrogens is 176 g/mol. The number of nitrogens with zero attached hydrogens (tertiary/aromatic N) is 2. The van der Waals surface area contributed by atoms with E-state index in [-0.39, 0.29) is 11.8 Å². The third-order valence-corrected chi connectivity index (χ3v) is 2.99. The summed E-state index contributed by atoms with van der Waals surface area (Å²) in [5.41, 5.74) is 0. The van der Waals surface area contributed by atoms with Crippen molar-refractivity contribution in [3.05, 3.63) is 0 Å². The molecule has 1 heterocycles. The molecule has 0 N–H and O–H groups in total. The van der Waals surface area contributed by atoms with Crippen LogP contribution in [0.2, 0.25) is 0 Å². The van der Waals surface area contributed by atoms with Crippen LogP contribution < -0.4 is 0 Å². The predicted molar refractivity (Wildman–Crippen MR) is 58.1 cm³/mol. The molecular formula is C11H22N2O. The first kappa shape index (κ1) is 11.5. The number of hydrogen-bond donors (Lipinski definition) is 0. The number of piperidine rings is 1. The molecule has 3 nitrogen and oxygen atoms in total. The summed E-state index contributed by atoms with van der Waals surface area (Å²) in [7, 11) is 4.06. The zero-order chi connectivity index (χ0) is 10.7. The fourth-order valence-electron chi connectivity index (χ4n) is 2.04. The Labute approximate surface area is 87.1 Å². The van der Waals surface area contributed by atoms with Gasteiger partial charge in [-0.2, -0.15) is 0 Å². The summed E-state index contributed by atoms with van der Waals surface area (Å²) in [6.45, 7) is 6.12. The van der Waals surface area contributed by atoms with Crippen molar-refractivity contribution in [1.29, 1.82) is 0 Å². The van der Waals surface area contributed by atoms with Gasteiger partial charge in [0.25, 0.3) is 0 Å². The maximum absolute atomic E-state index is 11.8. The Bertz CT molecular complexity index is 203. The summed E-state index contributed by atoms with van der Waals surface area (Å²) in [5.74, 6) is 0.387. The van der Waals surface area contributed by atoms with Crippen molar-refractivity contribution < 1.29 is 4.79 Å². The van der Waals surface area contributed by atoms with E-state index in [1.165, 1.54) is 13.0 Å². The topological polar surface area (TPSA) is 23.6 Å². The molecule has 1 atom stereocenters. The number of hydrogen-bond acceptors (Lipinski definition) is 2. The number of carbonyl (C=O) groups excluding carboxylic acids is 1. The maximum Gasteiger partial charge on any atom is 0.225 e. The summed E-state index contributed by atoms with van der Waals surface area (Å²) < 4.78 is 0. The molecule has 1 fully saturated rings. The zero-order valence-corrected chi connectivity index (χ0v) is 9.79. The maximum atomic E-state index is 11.8. The van der Waals surface area contributed by atoms with E-state index in [1.54, 1.807) is 0 Å². The number of rotatable bonds is 2. The Kier molecular flexibility index (Phi) is 3.93. The molecule has 0 aromatic heterocycles. The average molecular weight is 198 g/mol. The van der Waals surface area contributed by atoms with Crippen LogP contribution in [0, 0.1) is 5.92 Å². The summed E-state index contributed by atoms with van der Waals surface area (Å²) in [6, 6.07) is 0.420. The predicted octanol–water partition coefficient (Wildman–Crippen LogP) is 1.20. The van der Waals surface area contributed by atoms with Crippen LogP contribution in [0.4, 0.5) is 0 Å². The first-order valence-electron chi connectivity index (χ1n) is 5.47. The second-order valence-corrected chi connectivity index (χ2v) is 4.66. The molecule has 0 spiro atoms. The van der Waals surface area contributed by atoms with Crippen molar-refractivity contribution in [3.63, 3.8) is 0 Å². The lowest BCUT2D eigenvalue weighted by atomic mass is 10.0. The van der Waals surface area contributed by atoms with Gasteiger partial charge in [-0.05, 0) is 26.4 Å². The second-order valence-electron chi connectivity index (χ2n) is 4.66. The molecule has 82 valence electrons. The lowest BCUT2D eigenvalue weighted by molar-refractivity contribution is -0.136. The largest absolute Gasteiger partial charge is 0.341 e. The molecule has 1 saturated heterocycles. The highest BCUT2D eigenvalue weighted by Crippen LogP contribution is 2.15. The van der Waals surface area contributed by atoms with Crippen LogP contribution in [0.15, 0.2) is 0 Å².